The number of amides is 1. The predicted octanol–water partition coefficient (Wildman–Crippen LogP) is 2.96. The Balaban J connectivity index is 2.53. The van der Waals surface area contributed by atoms with E-state index in [2.05, 4.69) is 19.2 Å². The number of nitrogens with one attached hydrogen (secondary N) is 1. The van der Waals surface area contributed by atoms with E-state index in [4.69, 9.17) is 0 Å². The van der Waals surface area contributed by atoms with Crippen LogP contribution in [0, 0.1) is 11.8 Å². The van der Waals surface area contributed by atoms with Crippen LogP contribution in [0.5, 0.6) is 0 Å². The zero-order chi connectivity index (χ0) is 14.3. The summed E-state index contributed by atoms with van der Waals surface area (Å²) < 4.78 is 0. The Hall–Kier alpha value is -1.06. The van der Waals surface area contributed by atoms with E-state index in [9.17, 15) is 14.7 Å². The number of carboxylic acid groups (broad SMARTS) is 1. The Labute approximate surface area is 116 Å². The Kier molecular flexibility index (Phi) is 6.89. The molecular weight excluding hydrogens is 242 g/mol. The van der Waals surface area contributed by atoms with E-state index >= 15 is 0 Å². The fourth-order valence-corrected chi connectivity index (χ4v) is 2.65. The summed E-state index contributed by atoms with van der Waals surface area (Å²) in [7, 11) is 0. The van der Waals surface area contributed by atoms with Gasteiger partial charge >= 0.3 is 5.97 Å². The van der Waals surface area contributed by atoms with Crippen molar-refractivity contribution in [2.24, 2.45) is 11.8 Å². The van der Waals surface area contributed by atoms with Crippen molar-refractivity contribution in [3.05, 3.63) is 0 Å². The molecule has 1 amide bonds. The van der Waals surface area contributed by atoms with Gasteiger partial charge in [0.1, 0.15) is 0 Å². The van der Waals surface area contributed by atoms with Crippen molar-refractivity contribution in [3.8, 4) is 0 Å². The summed E-state index contributed by atoms with van der Waals surface area (Å²) in [6, 6.07) is -0.183. The van der Waals surface area contributed by atoms with E-state index in [-0.39, 0.29) is 11.9 Å². The van der Waals surface area contributed by atoms with Crippen LogP contribution in [-0.4, -0.2) is 23.0 Å². The van der Waals surface area contributed by atoms with E-state index in [0.717, 1.165) is 38.5 Å². The first-order chi connectivity index (χ1) is 9.00. The third kappa shape index (κ3) is 6.08. The van der Waals surface area contributed by atoms with Gasteiger partial charge in [-0.15, -0.1) is 0 Å². The van der Waals surface area contributed by atoms with Crippen LogP contribution >= 0.6 is 0 Å². The first kappa shape index (κ1) is 16.0. The average molecular weight is 269 g/mol. The molecule has 1 saturated carbocycles. The molecule has 110 valence electrons. The highest BCUT2D eigenvalue weighted by atomic mass is 16.4. The van der Waals surface area contributed by atoms with Crippen LogP contribution < -0.4 is 5.32 Å². The van der Waals surface area contributed by atoms with Crippen molar-refractivity contribution in [1.82, 2.24) is 5.32 Å². The number of carboxylic acids is 1. The minimum absolute atomic E-state index is 0.00511. The van der Waals surface area contributed by atoms with E-state index in [0.29, 0.717) is 18.8 Å². The predicted molar refractivity (Wildman–Crippen MR) is 74.8 cm³/mol. The molecule has 1 rings (SSSR count). The van der Waals surface area contributed by atoms with E-state index in [1.54, 1.807) is 0 Å². The van der Waals surface area contributed by atoms with Crippen LogP contribution in [0.4, 0.5) is 0 Å². The average Bonchev–Trinajstić information content (AvgIpc) is 2.29. The second-order valence-electron chi connectivity index (χ2n) is 6.04. The molecule has 0 bridgehead atoms. The van der Waals surface area contributed by atoms with Crippen molar-refractivity contribution >= 4 is 11.9 Å². The molecule has 1 aliphatic carbocycles. The second kappa shape index (κ2) is 8.18. The molecule has 0 heterocycles. The highest BCUT2D eigenvalue weighted by Crippen LogP contribution is 2.23. The Morgan fingerprint density at radius 3 is 2.37 bits per heavy atom. The van der Waals surface area contributed by atoms with Gasteiger partial charge in [-0.2, -0.15) is 0 Å². The lowest BCUT2D eigenvalue weighted by Gasteiger charge is -2.27. The van der Waals surface area contributed by atoms with Crippen molar-refractivity contribution in [2.75, 3.05) is 0 Å². The van der Waals surface area contributed by atoms with Gasteiger partial charge in [0, 0.05) is 12.5 Å². The van der Waals surface area contributed by atoms with Gasteiger partial charge in [-0.3, -0.25) is 9.59 Å². The van der Waals surface area contributed by atoms with E-state index < -0.39 is 11.9 Å². The van der Waals surface area contributed by atoms with Gasteiger partial charge in [0.05, 0.1) is 5.92 Å². The normalized spacial score (nSPS) is 24.6. The zero-order valence-corrected chi connectivity index (χ0v) is 12.2. The molecule has 19 heavy (non-hydrogen) atoms. The number of aliphatic carboxylic acids is 1. The number of carbonyl (C=O) groups excluding carboxylic acids is 1. The Morgan fingerprint density at radius 1 is 1.16 bits per heavy atom. The summed E-state index contributed by atoms with van der Waals surface area (Å²) in [5, 5.41) is 12.3. The van der Waals surface area contributed by atoms with Gasteiger partial charge < -0.3 is 10.4 Å². The van der Waals surface area contributed by atoms with E-state index in [1.165, 1.54) is 0 Å². The third-order valence-corrected chi connectivity index (χ3v) is 3.88. The van der Waals surface area contributed by atoms with Gasteiger partial charge in [0.25, 0.3) is 0 Å². The molecule has 4 heteroatoms. The molecule has 0 aromatic rings. The number of hydrogen-bond acceptors (Lipinski definition) is 2. The van der Waals surface area contributed by atoms with Crippen molar-refractivity contribution in [3.63, 3.8) is 0 Å². The summed E-state index contributed by atoms with van der Waals surface area (Å²) in [5.41, 5.74) is 0. The first-order valence-corrected chi connectivity index (χ1v) is 7.53. The van der Waals surface area contributed by atoms with Crippen molar-refractivity contribution < 1.29 is 14.7 Å². The fraction of sp³-hybridized carbons (Fsp3) is 0.867. The second-order valence-corrected chi connectivity index (χ2v) is 6.04. The van der Waals surface area contributed by atoms with Gasteiger partial charge in [0.15, 0.2) is 0 Å². The zero-order valence-electron chi connectivity index (χ0n) is 12.2. The SMILES string of the molecule is CC(C)CCC(=O)NC1CCCCCCC1C(=O)O. The summed E-state index contributed by atoms with van der Waals surface area (Å²) >= 11 is 0. The molecule has 2 N–H and O–H groups in total. The van der Waals surface area contributed by atoms with Gasteiger partial charge in [-0.1, -0.05) is 39.5 Å². The first-order valence-electron chi connectivity index (χ1n) is 7.53. The lowest BCUT2D eigenvalue weighted by atomic mass is 9.86. The molecule has 4 nitrogen and oxygen atoms in total. The molecule has 2 atom stereocenters. The maximum atomic E-state index is 11.9. The van der Waals surface area contributed by atoms with E-state index in [1.807, 2.05) is 0 Å². The van der Waals surface area contributed by atoms with Crippen LogP contribution in [0.25, 0.3) is 0 Å². The summed E-state index contributed by atoms with van der Waals surface area (Å²) in [4.78, 5) is 23.2. The molecular formula is C15H27NO3. The van der Waals surface area contributed by atoms with Crippen molar-refractivity contribution in [2.45, 2.75) is 71.3 Å². The minimum Gasteiger partial charge on any atom is -0.481 e. The maximum Gasteiger partial charge on any atom is 0.308 e. The summed E-state index contributed by atoms with van der Waals surface area (Å²) in [5.74, 6) is -0.678. The van der Waals surface area contributed by atoms with Crippen LogP contribution in [-0.2, 0) is 9.59 Å². The van der Waals surface area contributed by atoms with Gasteiger partial charge in [-0.05, 0) is 25.2 Å². The standard InChI is InChI=1S/C15H27NO3/c1-11(2)9-10-14(17)16-13-8-6-4-3-5-7-12(13)15(18)19/h11-13H,3-10H2,1-2H3,(H,16,17)(H,18,19). The third-order valence-electron chi connectivity index (χ3n) is 3.88. The topological polar surface area (TPSA) is 66.4 Å². The molecule has 0 aliphatic heterocycles. The Bertz CT molecular complexity index is 302. The number of hydrogen-bond donors (Lipinski definition) is 2. The van der Waals surface area contributed by atoms with Crippen LogP contribution in [0.15, 0.2) is 0 Å². The molecule has 1 fully saturated rings. The summed E-state index contributed by atoms with van der Waals surface area (Å²) in [6.45, 7) is 4.17. The monoisotopic (exact) mass is 269 g/mol. The van der Waals surface area contributed by atoms with Gasteiger partial charge in [0.2, 0.25) is 5.91 Å². The highest BCUT2D eigenvalue weighted by Gasteiger charge is 2.29. The molecule has 0 radical (unpaired) electrons. The van der Waals surface area contributed by atoms with Gasteiger partial charge in [-0.25, -0.2) is 0 Å². The summed E-state index contributed by atoms with van der Waals surface area (Å²) in [6.07, 6.45) is 7.06. The van der Waals surface area contributed by atoms with Crippen LogP contribution in [0.1, 0.15) is 65.2 Å². The molecule has 1 aliphatic rings. The molecule has 0 aromatic carbocycles. The fourth-order valence-electron chi connectivity index (χ4n) is 2.65. The quantitative estimate of drug-likeness (QED) is 0.806. The van der Waals surface area contributed by atoms with Crippen LogP contribution in [0.3, 0.4) is 0 Å². The highest BCUT2D eigenvalue weighted by molar-refractivity contribution is 5.78. The number of rotatable bonds is 5. The lowest BCUT2D eigenvalue weighted by molar-refractivity contribution is -0.143. The molecule has 0 saturated heterocycles. The lowest BCUT2D eigenvalue weighted by Crippen LogP contribution is -2.43. The van der Waals surface area contributed by atoms with Crippen LogP contribution in [0.2, 0.25) is 0 Å². The Morgan fingerprint density at radius 2 is 1.79 bits per heavy atom. The van der Waals surface area contributed by atoms with Crippen molar-refractivity contribution in [1.29, 1.82) is 0 Å². The smallest absolute Gasteiger partial charge is 0.308 e. The molecule has 0 aromatic heterocycles. The molecule has 2 unspecified atom stereocenters. The maximum absolute atomic E-state index is 11.9. The largest absolute Gasteiger partial charge is 0.481 e. The molecule has 0 spiro atoms. The minimum atomic E-state index is -0.768. The number of carbonyl (C=O) groups is 2.